The Morgan fingerprint density at radius 3 is 2.46 bits per heavy atom. The lowest BCUT2D eigenvalue weighted by Gasteiger charge is -2.32. The van der Waals surface area contributed by atoms with Crippen molar-refractivity contribution in [3.63, 3.8) is 0 Å². The van der Waals surface area contributed by atoms with Crippen LogP contribution in [0, 0.1) is 11.6 Å². The zero-order chi connectivity index (χ0) is 26.3. The third-order valence-electron chi connectivity index (χ3n) is 7.18. The topological polar surface area (TPSA) is 92.4 Å². The highest BCUT2D eigenvalue weighted by Gasteiger charge is 2.27. The molecule has 5 rings (SSSR count). The Balaban J connectivity index is 1.35. The van der Waals surface area contributed by atoms with Crippen molar-refractivity contribution in [2.45, 2.75) is 25.3 Å². The van der Waals surface area contributed by atoms with Crippen LogP contribution < -0.4 is 10.9 Å². The van der Waals surface area contributed by atoms with E-state index in [1.54, 1.807) is 30.1 Å². The first kappa shape index (κ1) is 24.6. The van der Waals surface area contributed by atoms with E-state index >= 15 is 0 Å². The molecule has 37 heavy (non-hydrogen) atoms. The van der Waals surface area contributed by atoms with E-state index in [0.29, 0.717) is 32.5 Å². The molecule has 0 atom stereocenters. The average Bonchev–Trinajstić information content (AvgIpc) is 3.19. The maximum atomic E-state index is 14.6. The van der Waals surface area contributed by atoms with Crippen molar-refractivity contribution in [1.29, 1.82) is 0 Å². The Morgan fingerprint density at radius 2 is 1.84 bits per heavy atom. The van der Waals surface area contributed by atoms with Gasteiger partial charge in [-0.15, -0.1) is 0 Å². The molecular weight excluding hydrogens is 480 g/mol. The number of hydrogen-bond donors (Lipinski definition) is 2. The van der Waals surface area contributed by atoms with Crippen LogP contribution in [0.1, 0.15) is 40.4 Å². The number of nitrogens with one attached hydrogen (secondary N) is 1. The molecule has 0 radical (unpaired) electrons. The third kappa shape index (κ3) is 4.60. The molecule has 1 aliphatic rings. The number of fused-ring (bicyclic) bond motifs is 1. The van der Waals surface area contributed by atoms with Crippen LogP contribution in [0.5, 0.6) is 0 Å². The molecular formula is C27H27F2N5O3. The Labute approximate surface area is 211 Å². The fourth-order valence-electron chi connectivity index (χ4n) is 5.16. The number of anilines is 1. The number of carbonyl (C=O) groups is 1. The summed E-state index contributed by atoms with van der Waals surface area (Å²) in [7, 11) is 3.70. The van der Waals surface area contributed by atoms with E-state index in [-0.39, 0.29) is 22.6 Å². The highest BCUT2D eigenvalue weighted by Crippen LogP contribution is 2.33. The molecule has 0 aliphatic carbocycles. The van der Waals surface area contributed by atoms with Gasteiger partial charge in [-0.25, -0.2) is 18.6 Å². The van der Waals surface area contributed by atoms with Gasteiger partial charge in [0.2, 0.25) is 0 Å². The van der Waals surface area contributed by atoms with Gasteiger partial charge in [-0.3, -0.25) is 14.3 Å². The molecule has 1 fully saturated rings. The summed E-state index contributed by atoms with van der Waals surface area (Å²) in [6.45, 7) is 1.89. The molecule has 192 valence electrons. The number of nitrogens with zero attached hydrogens (tertiary/aromatic N) is 4. The number of aromatic nitrogens is 3. The largest absolute Gasteiger partial charge is 0.478 e. The highest BCUT2D eigenvalue weighted by atomic mass is 19.1. The maximum absolute atomic E-state index is 14.6. The summed E-state index contributed by atoms with van der Waals surface area (Å²) in [4.78, 5) is 30.5. The van der Waals surface area contributed by atoms with Crippen LogP contribution in [0.15, 0.2) is 53.6 Å². The van der Waals surface area contributed by atoms with E-state index in [0.717, 1.165) is 40.2 Å². The summed E-state index contributed by atoms with van der Waals surface area (Å²) in [5.74, 6) is -3.28. The standard InChI is InChI=1S/C27H27F2N5O3/c1-30-18-6-10-34(24(35)13-18)23-3-7-31-26-20(23)14-19(32(26)2)15-33-8-4-16(5-9-33)25-21(28)11-17(27(36)37)12-22(25)29/h3,6-7,10-14,16,30H,4-5,8-9,15H2,1-2H3,(H,36,37). The number of benzene rings is 1. The number of carboxylic acid groups (broad SMARTS) is 1. The normalized spacial score (nSPS) is 14.8. The highest BCUT2D eigenvalue weighted by molar-refractivity contribution is 5.88. The number of rotatable bonds is 6. The quantitative estimate of drug-likeness (QED) is 0.408. The van der Waals surface area contributed by atoms with Crippen LogP contribution in [0.2, 0.25) is 0 Å². The van der Waals surface area contributed by atoms with Crippen LogP contribution >= 0.6 is 0 Å². The van der Waals surface area contributed by atoms with Crippen LogP contribution in [0.4, 0.5) is 14.5 Å². The average molecular weight is 508 g/mol. The zero-order valence-electron chi connectivity index (χ0n) is 20.5. The molecule has 4 heterocycles. The van der Waals surface area contributed by atoms with Gasteiger partial charge in [0.05, 0.1) is 11.3 Å². The Hall–Kier alpha value is -4.05. The van der Waals surface area contributed by atoms with Gasteiger partial charge in [-0.2, -0.15) is 0 Å². The molecule has 8 nitrogen and oxygen atoms in total. The lowest BCUT2D eigenvalue weighted by atomic mass is 9.88. The number of piperidine rings is 1. The fourth-order valence-corrected chi connectivity index (χ4v) is 5.16. The first-order valence-corrected chi connectivity index (χ1v) is 12.1. The monoisotopic (exact) mass is 507 g/mol. The van der Waals surface area contributed by atoms with Gasteiger partial charge in [-0.05, 0) is 62.2 Å². The molecule has 2 N–H and O–H groups in total. The van der Waals surface area contributed by atoms with E-state index in [4.69, 9.17) is 5.11 Å². The molecule has 1 saturated heterocycles. The number of pyridine rings is 2. The molecule has 0 bridgehead atoms. The smallest absolute Gasteiger partial charge is 0.335 e. The van der Waals surface area contributed by atoms with Gasteiger partial charge >= 0.3 is 5.97 Å². The summed E-state index contributed by atoms with van der Waals surface area (Å²) >= 11 is 0. The Morgan fingerprint density at radius 1 is 1.14 bits per heavy atom. The van der Waals surface area contributed by atoms with Gasteiger partial charge in [-0.1, -0.05) is 0 Å². The van der Waals surface area contributed by atoms with Gasteiger partial charge in [0.1, 0.15) is 17.3 Å². The zero-order valence-corrected chi connectivity index (χ0v) is 20.5. The summed E-state index contributed by atoms with van der Waals surface area (Å²) in [6, 6.07) is 9.02. The van der Waals surface area contributed by atoms with Crippen molar-refractivity contribution in [3.8, 4) is 5.69 Å². The minimum absolute atomic E-state index is 0.0298. The Bertz CT molecular complexity index is 1530. The van der Waals surface area contributed by atoms with E-state index in [1.165, 1.54) is 0 Å². The predicted molar refractivity (Wildman–Crippen MR) is 136 cm³/mol. The minimum atomic E-state index is -1.35. The van der Waals surface area contributed by atoms with E-state index < -0.39 is 17.6 Å². The minimum Gasteiger partial charge on any atom is -0.478 e. The van der Waals surface area contributed by atoms with E-state index in [2.05, 4.69) is 15.2 Å². The van der Waals surface area contributed by atoms with Gasteiger partial charge in [0, 0.05) is 61.4 Å². The number of hydrogen-bond acceptors (Lipinski definition) is 5. The summed E-state index contributed by atoms with van der Waals surface area (Å²) in [5, 5.41) is 12.9. The van der Waals surface area contributed by atoms with Crippen molar-refractivity contribution in [2.75, 3.05) is 25.5 Å². The first-order valence-electron chi connectivity index (χ1n) is 12.1. The lowest BCUT2D eigenvalue weighted by molar-refractivity contribution is 0.0695. The van der Waals surface area contributed by atoms with Gasteiger partial charge < -0.3 is 15.0 Å². The maximum Gasteiger partial charge on any atom is 0.335 e. The molecule has 0 amide bonds. The summed E-state index contributed by atoms with van der Waals surface area (Å²) in [5.41, 5.74) is 2.68. The van der Waals surface area contributed by atoms with Gasteiger partial charge in [0.15, 0.2) is 0 Å². The van der Waals surface area contributed by atoms with Gasteiger partial charge in [0.25, 0.3) is 5.56 Å². The van der Waals surface area contributed by atoms with E-state index in [1.807, 2.05) is 29.8 Å². The lowest BCUT2D eigenvalue weighted by Crippen LogP contribution is -2.33. The SMILES string of the molecule is CNc1ccn(-c2ccnc3c2cc(CN2CCC(c4c(F)cc(C(=O)O)cc4F)CC2)n3C)c(=O)c1. The molecule has 1 aromatic carbocycles. The van der Waals surface area contributed by atoms with Crippen LogP contribution in [0.3, 0.4) is 0 Å². The molecule has 3 aromatic heterocycles. The third-order valence-corrected chi connectivity index (χ3v) is 7.18. The second-order valence-electron chi connectivity index (χ2n) is 9.34. The van der Waals surface area contributed by atoms with Crippen LogP contribution in [0.25, 0.3) is 16.7 Å². The first-order chi connectivity index (χ1) is 17.8. The predicted octanol–water partition coefficient (Wildman–Crippen LogP) is 4.12. The molecule has 0 unspecified atom stereocenters. The second kappa shape index (κ2) is 9.78. The fraction of sp³-hybridized carbons (Fsp3) is 0.296. The Kier molecular flexibility index (Phi) is 6.51. The van der Waals surface area contributed by atoms with Crippen molar-refractivity contribution in [3.05, 3.63) is 87.6 Å². The van der Waals surface area contributed by atoms with Crippen molar-refractivity contribution in [1.82, 2.24) is 19.0 Å². The number of carboxylic acids is 1. The molecule has 4 aromatic rings. The van der Waals surface area contributed by atoms with E-state index in [9.17, 15) is 18.4 Å². The number of aromatic carboxylic acids is 1. The molecule has 0 saturated carbocycles. The van der Waals surface area contributed by atoms with Crippen molar-refractivity contribution >= 4 is 22.7 Å². The van der Waals surface area contributed by atoms with Crippen molar-refractivity contribution < 1.29 is 18.7 Å². The number of halogens is 2. The summed E-state index contributed by atoms with van der Waals surface area (Å²) in [6.07, 6.45) is 4.54. The summed E-state index contributed by atoms with van der Waals surface area (Å²) < 4.78 is 32.7. The molecule has 0 spiro atoms. The van der Waals surface area contributed by atoms with Crippen molar-refractivity contribution in [2.24, 2.45) is 7.05 Å². The second-order valence-corrected chi connectivity index (χ2v) is 9.34. The number of aryl methyl sites for hydroxylation is 1. The molecule has 1 aliphatic heterocycles. The van der Waals surface area contributed by atoms with Crippen LogP contribution in [-0.2, 0) is 13.6 Å². The number of likely N-dealkylation sites (tertiary alicyclic amines) is 1. The van der Waals surface area contributed by atoms with Crippen LogP contribution in [-0.4, -0.2) is 50.2 Å². The molecule has 10 heteroatoms.